The molecule has 0 fully saturated rings. The fourth-order valence-electron chi connectivity index (χ4n) is 3.37. The number of carbonyl (C=O) groups excluding carboxylic acids is 1. The zero-order valence-corrected chi connectivity index (χ0v) is 17.8. The first kappa shape index (κ1) is 21.8. The lowest BCUT2D eigenvalue weighted by atomic mass is 9.97. The molecule has 162 valence electrons. The van der Waals surface area contributed by atoms with E-state index in [4.69, 9.17) is 34.8 Å². The lowest BCUT2D eigenvalue weighted by molar-refractivity contribution is -0.173. The van der Waals surface area contributed by atoms with Crippen molar-refractivity contribution in [2.24, 2.45) is 0 Å². The van der Waals surface area contributed by atoms with Gasteiger partial charge in [0.2, 0.25) is 0 Å². The van der Waals surface area contributed by atoms with Crippen LogP contribution in [0, 0.1) is 0 Å². The number of halogens is 6. The maximum Gasteiger partial charge on any atom is 0.410 e. The molecule has 1 amide bonds. The highest BCUT2D eigenvalue weighted by Crippen LogP contribution is 2.46. The average Bonchev–Trinajstić information content (AvgIpc) is 3.05. The number of hydrogen-bond acceptors (Lipinski definition) is 3. The predicted molar refractivity (Wildman–Crippen MR) is 114 cm³/mol. The summed E-state index contributed by atoms with van der Waals surface area (Å²) in [6, 6.07) is 10.1. The lowest BCUT2D eigenvalue weighted by Gasteiger charge is -2.33. The average molecular weight is 490 g/mol. The Labute approximate surface area is 190 Å². The van der Waals surface area contributed by atoms with Crippen LogP contribution in [0.5, 0.6) is 0 Å². The Morgan fingerprint density at radius 2 is 1.61 bits per heavy atom. The molecule has 2 N–H and O–H groups in total. The van der Waals surface area contributed by atoms with E-state index >= 15 is 0 Å². The van der Waals surface area contributed by atoms with E-state index in [1.165, 1.54) is 0 Å². The van der Waals surface area contributed by atoms with E-state index < -0.39 is 24.2 Å². The van der Waals surface area contributed by atoms with E-state index in [2.05, 4.69) is 15.7 Å². The van der Waals surface area contributed by atoms with Crippen LogP contribution in [0.15, 0.2) is 48.5 Å². The van der Waals surface area contributed by atoms with Gasteiger partial charge in [-0.05, 0) is 42.0 Å². The number of benzene rings is 2. The van der Waals surface area contributed by atoms with E-state index in [1.54, 1.807) is 48.5 Å². The Morgan fingerprint density at radius 1 is 1.03 bits per heavy atom. The summed E-state index contributed by atoms with van der Waals surface area (Å²) in [5, 5.41) is 10.2. The Bertz CT molecular complexity index is 1110. The molecule has 1 aliphatic rings. The van der Waals surface area contributed by atoms with Crippen LogP contribution in [-0.4, -0.2) is 21.9 Å². The van der Waals surface area contributed by atoms with Gasteiger partial charge in [-0.1, -0.05) is 46.9 Å². The molecule has 11 heteroatoms. The van der Waals surface area contributed by atoms with Crippen molar-refractivity contribution in [3.05, 3.63) is 74.9 Å². The molecule has 0 unspecified atom stereocenters. The molecule has 0 saturated carbocycles. The fourth-order valence-corrected chi connectivity index (χ4v) is 3.89. The van der Waals surface area contributed by atoms with E-state index in [9.17, 15) is 18.0 Å². The van der Waals surface area contributed by atoms with Crippen LogP contribution in [0.1, 0.15) is 34.6 Å². The van der Waals surface area contributed by atoms with Crippen LogP contribution in [-0.2, 0) is 0 Å². The third-order valence-corrected chi connectivity index (χ3v) is 5.75. The molecular weight excluding hydrogens is 476 g/mol. The second-order valence-corrected chi connectivity index (χ2v) is 8.21. The number of fused-ring (bicyclic) bond motifs is 1. The minimum absolute atomic E-state index is 0.0727. The SMILES string of the molecule is O=C(Nc1ccc(Cl)cc1)c1nn2c(c1Cl)N[C@H](c1ccc(Cl)cc1)C[C@@H]2C(F)(F)F. The summed E-state index contributed by atoms with van der Waals surface area (Å²) in [7, 11) is 0. The molecule has 0 aliphatic carbocycles. The van der Waals surface area contributed by atoms with Crippen molar-refractivity contribution in [2.75, 3.05) is 10.6 Å². The van der Waals surface area contributed by atoms with Gasteiger partial charge in [0.25, 0.3) is 5.91 Å². The van der Waals surface area contributed by atoms with Gasteiger partial charge in [0.1, 0.15) is 10.8 Å². The number of anilines is 2. The number of nitrogens with zero attached hydrogens (tertiary/aromatic N) is 2. The summed E-state index contributed by atoms with van der Waals surface area (Å²) in [4.78, 5) is 12.7. The fraction of sp³-hybridized carbons (Fsp3) is 0.200. The molecule has 2 heterocycles. The van der Waals surface area contributed by atoms with Crippen LogP contribution in [0.2, 0.25) is 15.1 Å². The molecular formula is C20H14Cl3F3N4O. The highest BCUT2D eigenvalue weighted by molar-refractivity contribution is 6.36. The van der Waals surface area contributed by atoms with Gasteiger partial charge in [-0.2, -0.15) is 18.3 Å². The van der Waals surface area contributed by atoms with Crippen LogP contribution >= 0.6 is 34.8 Å². The molecule has 31 heavy (non-hydrogen) atoms. The van der Waals surface area contributed by atoms with E-state index in [0.717, 1.165) is 4.68 Å². The minimum Gasteiger partial charge on any atom is -0.362 e. The molecule has 1 aromatic heterocycles. The van der Waals surface area contributed by atoms with E-state index in [0.29, 0.717) is 21.3 Å². The zero-order valence-electron chi connectivity index (χ0n) is 15.6. The largest absolute Gasteiger partial charge is 0.410 e. The van der Waals surface area contributed by atoms with Gasteiger partial charge in [-0.25, -0.2) is 4.68 Å². The molecule has 3 aromatic rings. The van der Waals surface area contributed by atoms with Gasteiger partial charge in [-0.3, -0.25) is 4.79 Å². The van der Waals surface area contributed by atoms with Crippen LogP contribution in [0.4, 0.5) is 24.7 Å². The van der Waals surface area contributed by atoms with Gasteiger partial charge in [0.05, 0.1) is 6.04 Å². The van der Waals surface area contributed by atoms with Crippen LogP contribution in [0.3, 0.4) is 0 Å². The maximum absolute atomic E-state index is 13.8. The quantitative estimate of drug-likeness (QED) is 0.427. The van der Waals surface area contributed by atoms with Gasteiger partial charge in [-0.15, -0.1) is 0 Å². The highest BCUT2D eigenvalue weighted by atomic mass is 35.5. The number of hydrogen-bond donors (Lipinski definition) is 2. The molecule has 2 aromatic carbocycles. The second-order valence-electron chi connectivity index (χ2n) is 6.96. The van der Waals surface area contributed by atoms with Gasteiger partial charge in [0.15, 0.2) is 11.7 Å². The summed E-state index contributed by atoms with van der Waals surface area (Å²) in [5.74, 6) is -0.809. The third-order valence-electron chi connectivity index (χ3n) is 4.89. The van der Waals surface area contributed by atoms with Crippen molar-refractivity contribution in [3.8, 4) is 0 Å². The monoisotopic (exact) mass is 488 g/mol. The Hall–Kier alpha value is -2.42. The number of aromatic nitrogens is 2. The van der Waals surface area contributed by atoms with Crippen molar-refractivity contribution in [1.29, 1.82) is 0 Å². The number of alkyl halides is 3. The van der Waals surface area contributed by atoms with Crippen molar-refractivity contribution in [3.63, 3.8) is 0 Å². The Morgan fingerprint density at radius 3 is 2.19 bits per heavy atom. The van der Waals surface area contributed by atoms with E-state index in [1.807, 2.05) is 0 Å². The summed E-state index contributed by atoms with van der Waals surface area (Å²) in [6.07, 6.45) is -4.92. The molecule has 1 aliphatic heterocycles. The first-order chi connectivity index (χ1) is 14.6. The molecule has 2 atom stereocenters. The molecule has 4 rings (SSSR count). The Kier molecular flexibility index (Phi) is 5.81. The zero-order chi connectivity index (χ0) is 22.3. The summed E-state index contributed by atoms with van der Waals surface area (Å²) in [5.41, 5.74) is 0.690. The van der Waals surface area contributed by atoms with Crippen molar-refractivity contribution in [1.82, 2.24) is 9.78 Å². The number of amides is 1. The molecule has 0 radical (unpaired) electrons. The molecule has 0 saturated heterocycles. The number of rotatable bonds is 3. The smallest absolute Gasteiger partial charge is 0.362 e. The van der Waals surface area contributed by atoms with Crippen molar-refractivity contribution >= 4 is 52.2 Å². The van der Waals surface area contributed by atoms with Crippen molar-refractivity contribution in [2.45, 2.75) is 24.7 Å². The standard InChI is InChI=1S/C20H14Cl3F3N4O/c21-11-3-1-10(2-4-11)14-9-15(20(24,25)26)30-18(28-14)16(23)17(29-30)19(31)27-13-7-5-12(22)6-8-13/h1-8,14-15,28H,9H2,(H,27,31)/t14-,15+/m0/s1. The Balaban J connectivity index is 1.69. The first-order valence-corrected chi connectivity index (χ1v) is 10.2. The summed E-state index contributed by atoms with van der Waals surface area (Å²) < 4.78 is 42.2. The van der Waals surface area contributed by atoms with Gasteiger partial charge < -0.3 is 10.6 Å². The van der Waals surface area contributed by atoms with Crippen LogP contribution < -0.4 is 10.6 Å². The third kappa shape index (κ3) is 4.46. The van der Waals surface area contributed by atoms with Crippen LogP contribution in [0.25, 0.3) is 0 Å². The predicted octanol–water partition coefficient (Wildman–Crippen LogP) is 6.76. The summed E-state index contributed by atoms with van der Waals surface area (Å²) >= 11 is 18.0. The molecule has 0 bridgehead atoms. The maximum atomic E-state index is 13.8. The lowest BCUT2D eigenvalue weighted by Crippen LogP contribution is -2.35. The normalized spacial score (nSPS) is 18.3. The number of nitrogens with one attached hydrogen (secondary N) is 2. The van der Waals surface area contributed by atoms with E-state index in [-0.39, 0.29) is 23.0 Å². The highest BCUT2D eigenvalue weighted by Gasteiger charge is 2.47. The van der Waals surface area contributed by atoms with Crippen molar-refractivity contribution < 1.29 is 18.0 Å². The van der Waals surface area contributed by atoms with Gasteiger partial charge in [0, 0.05) is 22.2 Å². The minimum atomic E-state index is -4.60. The first-order valence-electron chi connectivity index (χ1n) is 9.07. The number of carbonyl (C=O) groups is 1. The topological polar surface area (TPSA) is 59.0 Å². The van der Waals surface area contributed by atoms with Gasteiger partial charge >= 0.3 is 6.18 Å². The second kappa shape index (κ2) is 8.26. The molecule has 5 nitrogen and oxygen atoms in total. The molecule has 0 spiro atoms. The summed E-state index contributed by atoms with van der Waals surface area (Å²) in [6.45, 7) is 0.